The van der Waals surface area contributed by atoms with E-state index in [9.17, 15) is 13.2 Å². The Bertz CT molecular complexity index is 1180. The Hall–Kier alpha value is -2.49. The highest BCUT2D eigenvalue weighted by Gasteiger charge is 2.32. The molecule has 1 amide bonds. The number of amides is 1. The van der Waals surface area contributed by atoms with Crippen LogP contribution in [0.2, 0.25) is 0 Å². The second kappa shape index (κ2) is 8.94. The van der Waals surface area contributed by atoms with Crippen LogP contribution in [-0.4, -0.2) is 43.8 Å². The zero-order chi connectivity index (χ0) is 22.0. The Morgan fingerprint density at radius 3 is 2.55 bits per heavy atom. The Morgan fingerprint density at radius 1 is 1.19 bits per heavy atom. The fourth-order valence-corrected chi connectivity index (χ4v) is 6.19. The van der Waals surface area contributed by atoms with Crippen LogP contribution < -0.4 is 10.1 Å². The molecule has 2 heterocycles. The predicted molar refractivity (Wildman–Crippen MR) is 122 cm³/mol. The van der Waals surface area contributed by atoms with Gasteiger partial charge < -0.3 is 10.1 Å². The van der Waals surface area contributed by atoms with Crippen molar-refractivity contribution < 1.29 is 17.9 Å². The highest BCUT2D eigenvalue weighted by molar-refractivity contribution is 7.89. The van der Waals surface area contributed by atoms with E-state index in [4.69, 9.17) is 4.74 Å². The number of fused-ring (bicyclic) bond motifs is 1. The summed E-state index contributed by atoms with van der Waals surface area (Å²) in [5.41, 5.74) is 2.09. The monoisotopic (exact) mass is 459 g/mol. The van der Waals surface area contributed by atoms with Crippen molar-refractivity contribution in [1.82, 2.24) is 9.29 Å². The second-order valence-corrected chi connectivity index (χ2v) is 10.4. The molecule has 1 saturated heterocycles. The van der Waals surface area contributed by atoms with Gasteiger partial charge in [-0.15, -0.1) is 0 Å². The zero-order valence-electron chi connectivity index (χ0n) is 17.5. The van der Waals surface area contributed by atoms with E-state index >= 15 is 0 Å². The molecule has 2 aromatic carbocycles. The van der Waals surface area contributed by atoms with Gasteiger partial charge in [-0.2, -0.15) is 4.31 Å². The van der Waals surface area contributed by atoms with Gasteiger partial charge >= 0.3 is 0 Å². The largest absolute Gasteiger partial charge is 0.497 e. The number of hydrogen-bond donors (Lipinski definition) is 1. The van der Waals surface area contributed by atoms with Gasteiger partial charge in [-0.3, -0.25) is 4.79 Å². The van der Waals surface area contributed by atoms with Crippen LogP contribution >= 0.6 is 11.3 Å². The summed E-state index contributed by atoms with van der Waals surface area (Å²) in [6.07, 6.45) is 1.84. The van der Waals surface area contributed by atoms with Gasteiger partial charge in [0, 0.05) is 19.0 Å². The molecular formula is C22H25N3O4S2. The lowest BCUT2D eigenvalue weighted by Gasteiger charge is -2.30. The molecule has 0 unspecified atom stereocenters. The number of benzene rings is 2. The molecule has 4 rings (SSSR count). The SMILES string of the molecule is CCc1cccc2sc(NC(=O)C3CCN(S(=O)(=O)c4ccc(OC)cc4)CC3)nc12. The molecule has 0 bridgehead atoms. The van der Waals surface area contributed by atoms with E-state index in [-0.39, 0.29) is 16.7 Å². The number of nitrogens with one attached hydrogen (secondary N) is 1. The van der Waals surface area contributed by atoms with E-state index in [0.717, 1.165) is 22.2 Å². The van der Waals surface area contributed by atoms with Crippen molar-refractivity contribution >= 4 is 42.6 Å². The van der Waals surface area contributed by atoms with Crippen LogP contribution in [0.4, 0.5) is 5.13 Å². The minimum absolute atomic E-state index is 0.0985. The molecule has 1 N–H and O–H groups in total. The van der Waals surface area contributed by atoms with Crippen LogP contribution in [0, 0.1) is 5.92 Å². The number of anilines is 1. The summed E-state index contributed by atoms with van der Waals surface area (Å²) in [6, 6.07) is 12.4. The molecule has 0 atom stereocenters. The van der Waals surface area contributed by atoms with Crippen molar-refractivity contribution in [2.75, 3.05) is 25.5 Å². The van der Waals surface area contributed by atoms with Gasteiger partial charge in [0.05, 0.1) is 22.2 Å². The van der Waals surface area contributed by atoms with E-state index in [2.05, 4.69) is 17.2 Å². The highest BCUT2D eigenvalue weighted by atomic mass is 32.2. The number of carbonyl (C=O) groups excluding carboxylic acids is 1. The Labute approximate surface area is 186 Å². The first-order valence-electron chi connectivity index (χ1n) is 10.3. The fourth-order valence-electron chi connectivity index (χ4n) is 3.81. The number of piperidine rings is 1. The lowest BCUT2D eigenvalue weighted by molar-refractivity contribution is -0.120. The number of aryl methyl sites for hydroxylation is 1. The first-order valence-corrected chi connectivity index (χ1v) is 12.5. The van der Waals surface area contributed by atoms with E-state index in [1.165, 1.54) is 22.8 Å². The Kier molecular flexibility index (Phi) is 6.27. The molecule has 3 aromatic rings. The normalized spacial score (nSPS) is 15.8. The topological polar surface area (TPSA) is 88.6 Å². The molecule has 1 aliphatic heterocycles. The standard InChI is InChI=1S/C22H25N3O4S2/c1-3-15-5-4-6-19-20(15)23-22(30-19)24-21(26)16-11-13-25(14-12-16)31(27,28)18-9-7-17(29-2)8-10-18/h4-10,16H,3,11-14H2,1-2H3,(H,23,24,26). The molecule has 0 radical (unpaired) electrons. The molecule has 0 aliphatic carbocycles. The molecule has 0 saturated carbocycles. The molecule has 7 nitrogen and oxygen atoms in total. The molecular weight excluding hydrogens is 434 g/mol. The van der Waals surface area contributed by atoms with Gasteiger partial charge in [0.15, 0.2) is 5.13 Å². The van der Waals surface area contributed by atoms with Gasteiger partial charge in [-0.25, -0.2) is 13.4 Å². The van der Waals surface area contributed by atoms with Gasteiger partial charge in [-0.1, -0.05) is 30.4 Å². The van der Waals surface area contributed by atoms with Gasteiger partial charge in [0.2, 0.25) is 15.9 Å². The summed E-state index contributed by atoms with van der Waals surface area (Å²) < 4.78 is 33.4. The highest BCUT2D eigenvalue weighted by Crippen LogP contribution is 2.30. The lowest BCUT2D eigenvalue weighted by atomic mass is 9.97. The number of hydrogen-bond acceptors (Lipinski definition) is 6. The summed E-state index contributed by atoms with van der Waals surface area (Å²) in [5, 5.41) is 3.53. The van der Waals surface area contributed by atoms with E-state index in [1.807, 2.05) is 18.2 Å². The molecule has 31 heavy (non-hydrogen) atoms. The minimum Gasteiger partial charge on any atom is -0.497 e. The van der Waals surface area contributed by atoms with Crippen LogP contribution in [0.5, 0.6) is 5.75 Å². The van der Waals surface area contributed by atoms with Crippen molar-refractivity contribution in [1.29, 1.82) is 0 Å². The zero-order valence-corrected chi connectivity index (χ0v) is 19.1. The van der Waals surface area contributed by atoms with Gasteiger partial charge in [-0.05, 0) is 55.2 Å². The van der Waals surface area contributed by atoms with Crippen molar-refractivity contribution in [3.63, 3.8) is 0 Å². The molecule has 1 aliphatic rings. The summed E-state index contributed by atoms with van der Waals surface area (Å²) in [4.78, 5) is 17.6. The number of para-hydroxylation sites is 1. The first kappa shape index (κ1) is 21.7. The maximum atomic E-state index is 12.9. The maximum absolute atomic E-state index is 12.9. The van der Waals surface area contributed by atoms with Gasteiger partial charge in [0.1, 0.15) is 5.75 Å². The van der Waals surface area contributed by atoms with Crippen molar-refractivity contribution in [2.45, 2.75) is 31.1 Å². The molecule has 1 fully saturated rings. The van der Waals surface area contributed by atoms with E-state index in [1.54, 1.807) is 24.3 Å². The lowest BCUT2D eigenvalue weighted by Crippen LogP contribution is -2.41. The van der Waals surface area contributed by atoms with Crippen LogP contribution in [0.25, 0.3) is 10.2 Å². The third-order valence-corrected chi connectivity index (χ3v) is 8.48. The van der Waals surface area contributed by atoms with Crippen LogP contribution in [0.15, 0.2) is 47.4 Å². The summed E-state index contributed by atoms with van der Waals surface area (Å²) in [6.45, 7) is 2.71. The third-order valence-electron chi connectivity index (χ3n) is 5.64. The van der Waals surface area contributed by atoms with E-state index in [0.29, 0.717) is 36.8 Å². The first-order chi connectivity index (χ1) is 14.9. The van der Waals surface area contributed by atoms with Crippen LogP contribution in [0.3, 0.4) is 0 Å². The average molecular weight is 460 g/mol. The Morgan fingerprint density at radius 2 is 1.90 bits per heavy atom. The predicted octanol–water partition coefficient (Wildman–Crippen LogP) is 3.91. The van der Waals surface area contributed by atoms with Crippen molar-refractivity contribution in [3.8, 4) is 5.75 Å². The smallest absolute Gasteiger partial charge is 0.243 e. The number of nitrogens with zero attached hydrogens (tertiary/aromatic N) is 2. The van der Waals surface area contributed by atoms with Crippen LogP contribution in [-0.2, 0) is 21.2 Å². The summed E-state index contributed by atoms with van der Waals surface area (Å²) in [5.74, 6) is 0.272. The van der Waals surface area contributed by atoms with Gasteiger partial charge in [0.25, 0.3) is 0 Å². The number of rotatable bonds is 6. The molecule has 164 valence electrons. The molecule has 1 aromatic heterocycles. The second-order valence-electron chi connectivity index (χ2n) is 7.48. The van der Waals surface area contributed by atoms with Crippen molar-refractivity contribution in [2.24, 2.45) is 5.92 Å². The van der Waals surface area contributed by atoms with Crippen LogP contribution in [0.1, 0.15) is 25.3 Å². The number of sulfonamides is 1. The number of carbonyl (C=O) groups is 1. The maximum Gasteiger partial charge on any atom is 0.243 e. The average Bonchev–Trinajstić information content (AvgIpc) is 3.21. The number of aromatic nitrogens is 1. The Balaban J connectivity index is 1.39. The fraction of sp³-hybridized carbons (Fsp3) is 0.364. The molecule has 9 heteroatoms. The number of ether oxygens (including phenoxy) is 1. The number of methoxy groups -OCH3 is 1. The quantitative estimate of drug-likeness (QED) is 0.604. The van der Waals surface area contributed by atoms with E-state index < -0.39 is 10.0 Å². The summed E-state index contributed by atoms with van der Waals surface area (Å²) >= 11 is 1.46. The summed E-state index contributed by atoms with van der Waals surface area (Å²) in [7, 11) is -2.05. The minimum atomic E-state index is -3.58. The number of thiazole rings is 1. The third kappa shape index (κ3) is 4.44. The molecule has 0 spiro atoms. The van der Waals surface area contributed by atoms with Crippen molar-refractivity contribution in [3.05, 3.63) is 48.0 Å².